The van der Waals surface area contributed by atoms with Gasteiger partial charge in [0.25, 0.3) is 0 Å². The molecule has 3 aromatic rings. The molecular weight excluding hydrogens is 364 g/mol. The van der Waals surface area contributed by atoms with Crippen molar-refractivity contribution in [1.82, 2.24) is 4.90 Å². The van der Waals surface area contributed by atoms with Crippen LogP contribution in [0.3, 0.4) is 0 Å². The van der Waals surface area contributed by atoms with Gasteiger partial charge >= 0.3 is 5.63 Å². The summed E-state index contributed by atoms with van der Waals surface area (Å²) >= 11 is 0. The molecule has 0 N–H and O–H groups in total. The minimum atomic E-state index is -0.297. The first kappa shape index (κ1) is 19.5. The maximum Gasteiger partial charge on any atom is 0.336 e. The van der Waals surface area contributed by atoms with E-state index in [1.807, 2.05) is 32.0 Å². The van der Waals surface area contributed by atoms with Gasteiger partial charge in [-0.2, -0.15) is 0 Å². The number of para-hydroxylation sites is 2. The molecule has 1 atom stereocenters. The van der Waals surface area contributed by atoms with E-state index in [1.165, 1.54) is 0 Å². The van der Waals surface area contributed by atoms with Crippen molar-refractivity contribution in [3.63, 3.8) is 0 Å². The van der Waals surface area contributed by atoms with Crippen molar-refractivity contribution in [3.05, 3.63) is 69.6 Å². The van der Waals surface area contributed by atoms with E-state index in [0.29, 0.717) is 12.1 Å². The van der Waals surface area contributed by atoms with Crippen LogP contribution in [0.1, 0.15) is 23.6 Å². The summed E-state index contributed by atoms with van der Waals surface area (Å²) in [4.78, 5) is 16.7. The number of hydrogen-bond donors (Lipinski definition) is 0. The van der Waals surface area contributed by atoms with Gasteiger partial charge in [0, 0.05) is 31.1 Å². The molecule has 0 amide bonds. The maximum absolute atomic E-state index is 12.1. The van der Waals surface area contributed by atoms with Gasteiger partial charge in [0.05, 0.1) is 12.2 Å². The minimum Gasteiger partial charge on any atom is -0.485 e. The molecule has 0 saturated carbocycles. The van der Waals surface area contributed by atoms with Gasteiger partial charge < -0.3 is 14.1 Å². The third-order valence-electron chi connectivity index (χ3n) is 5.78. The predicted octanol–water partition coefficient (Wildman–Crippen LogP) is 4.13. The molecule has 0 spiro atoms. The first-order chi connectivity index (χ1) is 14.0. The lowest BCUT2D eigenvalue weighted by Gasteiger charge is -2.37. The quantitative estimate of drug-likeness (QED) is 0.611. The second-order valence-corrected chi connectivity index (χ2v) is 7.92. The standard InChI is InChI=1S/C24H28N2O3/c1-5-26-15-19(28-22-9-7-6-8-21(22)26)14-25(4)13-18-12-23(27)29-24-17(3)16(2)10-11-20(18)24/h6-12,19H,5,13-15H2,1-4H3/t19-/m1/s1. The van der Waals surface area contributed by atoms with Gasteiger partial charge in [-0.25, -0.2) is 4.79 Å². The molecule has 1 aliphatic heterocycles. The van der Waals surface area contributed by atoms with E-state index >= 15 is 0 Å². The molecule has 0 unspecified atom stereocenters. The molecule has 0 fully saturated rings. The second-order valence-electron chi connectivity index (χ2n) is 7.92. The molecule has 0 saturated heterocycles. The van der Waals surface area contributed by atoms with Crippen molar-refractivity contribution >= 4 is 16.7 Å². The Morgan fingerprint density at radius 2 is 1.97 bits per heavy atom. The Kier molecular flexibility index (Phi) is 5.33. The van der Waals surface area contributed by atoms with Crippen LogP contribution >= 0.6 is 0 Å². The van der Waals surface area contributed by atoms with Crippen LogP contribution in [-0.4, -0.2) is 37.7 Å². The van der Waals surface area contributed by atoms with Crippen molar-refractivity contribution in [2.24, 2.45) is 0 Å². The first-order valence-corrected chi connectivity index (χ1v) is 10.2. The highest BCUT2D eigenvalue weighted by Gasteiger charge is 2.25. The van der Waals surface area contributed by atoms with E-state index in [2.05, 4.69) is 42.0 Å². The summed E-state index contributed by atoms with van der Waals surface area (Å²) in [6.45, 7) is 9.45. The second kappa shape index (κ2) is 7.91. The molecule has 2 aromatic carbocycles. The highest BCUT2D eigenvalue weighted by atomic mass is 16.5. The van der Waals surface area contributed by atoms with Crippen molar-refractivity contribution in [2.45, 2.75) is 33.4 Å². The third kappa shape index (κ3) is 3.87. The lowest BCUT2D eigenvalue weighted by Crippen LogP contribution is -2.45. The Morgan fingerprint density at radius 3 is 2.76 bits per heavy atom. The molecule has 0 bridgehead atoms. The zero-order chi connectivity index (χ0) is 20.5. The highest BCUT2D eigenvalue weighted by Crippen LogP contribution is 2.33. The van der Waals surface area contributed by atoms with E-state index in [4.69, 9.17) is 9.15 Å². The molecular formula is C24H28N2O3. The van der Waals surface area contributed by atoms with Gasteiger partial charge in [-0.3, -0.25) is 4.90 Å². The lowest BCUT2D eigenvalue weighted by molar-refractivity contribution is 0.140. The van der Waals surface area contributed by atoms with Crippen LogP contribution in [0.2, 0.25) is 0 Å². The Morgan fingerprint density at radius 1 is 1.17 bits per heavy atom. The van der Waals surface area contributed by atoms with Gasteiger partial charge in [-0.15, -0.1) is 0 Å². The highest BCUT2D eigenvalue weighted by molar-refractivity contribution is 5.83. The number of fused-ring (bicyclic) bond motifs is 2. The zero-order valence-electron chi connectivity index (χ0n) is 17.6. The van der Waals surface area contributed by atoms with E-state index in [-0.39, 0.29) is 11.7 Å². The fourth-order valence-corrected chi connectivity index (χ4v) is 4.13. The van der Waals surface area contributed by atoms with Gasteiger partial charge in [0.1, 0.15) is 17.4 Å². The van der Waals surface area contributed by atoms with E-state index in [0.717, 1.165) is 53.1 Å². The SMILES string of the molecule is CCN1C[C@@H](CN(C)Cc2cc(=O)oc3c(C)c(C)ccc23)Oc2ccccc21. The Balaban J connectivity index is 1.54. The van der Waals surface area contributed by atoms with Crippen LogP contribution in [0, 0.1) is 13.8 Å². The molecule has 1 aromatic heterocycles. The van der Waals surface area contributed by atoms with Crippen LogP contribution in [0.5, 0.6) is 5.75 Å². The number of anilines is 1. The summed E-state index contributed by atoms with van der Waals surface area (Å²) in [6, 6.07) is 14.0. The number of aryl methyl sites for hydroxylation is 2. The molecule has 29 heavy (non-hydrogen) atoms. The van der Waals surface area contributed by atoms with Gasteiger partial charge in [0.15, 0.2) is 0 Å². The summed E-state index contributed by atoms with van der Waals surface area (Å²) in [7, 11) is 2.07. The fourth-order valence-electron chi connectivity index (χ4n) is 4.13. The Bertz CT molecular complexity index is 1090. The van der Waals surface area contributed by atoms with Crippen LogP contribution in [0.25, 0.3) is 11.0 Å². The van der Waals surface area contributed by atoms with Crippen molar-refractivity contribution in [3.8, 4) is 5.75 Å². The maximum atomic E-state index is 12.1. The minimum absolute atomic E-state index is 0.0743. The third-order valence-corrected chi connectivity index (χ3v) is 5.78. The average Bonchev–Trinajstić information content (AvgIpc) is 2.70. The van der Waals surface area contributed by atoms with Gasteiger partial charge in [0.2, 0.25) is 0 Å². The molecule has 152 valence electrons. The smallest absolute Gasteiger partial charge is 0.336 e. The molecule has 1 aliphatic rings. The Hall–Kier alpha value is -2.79. The van der Waals surface area contributed by atoms with Crippen molar-refractivity contribution in [1.29, 1.82) is 0 Å². The van der Waals surface area contributed by atoms with E-state index < -0.39 is 0 Å². The molecule has 0 radical (unpaired) electrons. The van der Waals surface area contributed by atoms with E-state index in [1.54, 1.807) is 6.07 Å². The normalized spacial score (nSPS) is 16.2. The molecule has 4 rings (SSSR count). The number of ether oxygens (including phenoxy) is 1. The zero-order valence-corrected chi connectivity index (χ0v) is 17.6. The number of nitrogens with zero attached hydrogens (tertiary/aromatic N) is 2. The van der Waals surface area contributed by atoms with Crippen LogP contribution in [-0.2, 0) is 6.54 Å². The molecule has 5 heteroatoms. The van der Waals surface area contributed by atoms with Crippen molar-refractivity contribution < 1.29 is 9.15 Å². The fraction of sp³-hybridized carbons (Fsp3) is 0.375. The average molecular weight is 392 g/mol. The Labute approximate surface area is 171 Å². The number of likely N-dealkylation sites (N-methyl/N-ethyl adjacent to an activating group) is 2. The van der Waals surface area contributed by atoms with Crippen molar-refractivity contribution in [2.75, 3.05) is 31.6 Å². The molecule has 5 nitrogen and oxygen atoms in total. The summed E-state index contributed by atoms with van der Waals surface area (Å²) in [5.41, 5.74) is 4.70. The topological polar surface area (TPSA) is 45.9 Å². The summed E-state index contributed by atoms with van der Waals surface area (Å²) in [5, 5.41) is 1.00. The molecule has 0 aliphatic carbocycles. The summed E-state index contributed by atoms with van der Waals surface area (Å²) in [6.07, 6.45) is 0.0743. The van der Waals surface area contributed by atoms with Gasteiger partial charge in [-0.05, 0) is 56.6 Å². The number of hydrogen-bond acceptors (Lipinski definition) is 5. The largest absolute Gasteiger partial charge is 0.485 e. The number of benzene rings is 2. The predicted molar refractivity (Wildman–Crippen MR) is 117 cm³/mol. The summed E-state index contributed by atoms with van der Waals surface area (Å²) < 4.78 is 11.8. The number of rotatable bonds is 5. The molecule has 2 heterocycles. The monoisotopic (exact) mass is 392 g/mol. The van der Waals surface area contributed by atoms with Crippen LogP contribution in [0.15, 0.2) is 51.7 Å². The van der Waals surface area contributed by atoms with Crippen LogP contribution < -0.4 is 15.3 Å². The van der Waals surface area contributed by atoms with Crippen LogP contribution in [0.4, 0.5) is 5.69 Å². The van der Waals surface area contributed by atoms with E-state index in [9.17, 15) is 4.79 Å². The van der Waals surface area contributed by atoms with Gasteiger partial charge in [-0.1, -0.05) is 24.3 Å². The summed E-state index contributed by atoms with van der Waals surface area (Å²) in [5.74, 6) is 0.941. The first-order valence-electron chi connectivity index (χ1n) is 10.2. The lowest BCUT2D eigenvalue weighted by atomic mass is 10.0.